The Morgan fingerprint density at radius 1 is 1.06 bits per heavy atom. The smallest absolute Gasteiger partial charge is 0.151 e. The van der Waals surface area contributed by atoms with Gasteiger partial charge in [0.05, 0.1) is 5.69 Å². The van der Waals surface area contributed by atoms with Crippen molar-refractivity contribution in [1.29, 1.82) is 0 Å². The molecule has 18 heavy (non-hydrogen) atoms. The Morgan fingerprint density at radius 2 is 1.78 bits per heavy atom. The van der Waals surface area contributed by atoms with Gasteiger partial charge in [-0.25, -0.2) is 4.39 Å². The maximum Gasteiger partial charge on any atom is 0.151 e. The van der Waals surface area contributed by atoms with E-state index in [0.717, 1.165) is 33.8 Å². The molecule has 2 aromatic rings. The van der Waals surface area contributed by atoms with Gasteiger partial charge >= 0.3 is 0 Å². The van der Waals surface area contributed by atoms with Crippen LogP contribution in [0.2, 0.25) is 0 Å². The first kappa shape index (κ1) is 12.5. The highest BCUT2D eigenvalue weighted by molar-refractivity contribution is 5.69. The first-order valence-corrected chi connectivity index (χ1v) is 5.82. The highest BCUT2D eigenvalue weighted by Gasteiger charge is 2.12. The molecule has 0 radical (unpaired) electrons. The van der Waals surface area contributed by atoms with Crippen molar-refractivity contribution in [1.82, 2.24) is 10.2 Å². The van der Waals surface area contributed by atoms with Gasteiger partial charge in [-0.05, 0) is 55.7 Å². The number of anilines is 1. The standard InChI is InChI=1S/C14H16FN3/c1-8-7-11(15)5-6-12(8)13-9(2)10(3)14(16-4)18-17-13/h5-7H,1-4H3,(H,16,18). The largest absolute Gasteiger partial charge is 0.371 e. The maximum absolute atomic E-state index is 13.1. The van der Waals surface area contributed by atoms with Crippen molar-refractivity contribution in [2.45, 2.75) is 20.8 Å². The van der Waals surface area contributed by atoms with Crippen LogP contribution in [0.4, 0.5) is 10.2 Å². The van der Waals surface area contributed by atoms with Crippen LogP contribution in [0.1, 0.15) is 16.7 Å². The molecule has 0 atom stereocenters. The quantitative estimate of drug-likeness (QED) is 0.882. The highest BCUT2D eigenvalue weighted by atomic mass is 19.1. The minimum absolute atomic E-state index is 0.231. The summed E-state index contributed by atoms with van der Waals surface area (Å²) in [6.07, 6.45) is 0. The van der Waals surface area contributed by atoms with Crippen LogP contribution in [0, 0.1) is 26.6 Å². The van der Waals surface area contributed by atoms with Gasteiger partial charge in [0.1, 0.15) is 5.82 Å². The Hall–Kier alpha value is -1.97. The van der Waals surface area contributed by atoms with Crippen LogP contribution in [0.5, 0.6) is 0 Å². The maximum atomic E-state index is 13.1. The third-order valence-corrected chi connectivity index (χ3v) is 3.20. The second-order valence-electron chi connectivity index (χ2n) is 4.36. The van der Waals surface area contributed by atoms with Gasteiger partial charge in [-0.1, -0.05) is 0 Å². The summed E-state index contributed by atoms with van der Waals surface area (Å²) < 4.78 is 13.1. The van der Waals surface area contributed by atoms with Gasteiger partial charge in [0.2, 0.25) is 0 Å². The van der Waals surface area contributed by atoms with Crippen molar-refractivity contribution in [2.24, 2.45) is 0 Å². The molecule has 0 saturated carbocycles. The number of nitrogens with one attached hydrogen (secondary N) is 1. The number of aryl methyl sites for hydroxylation is 1. The molecule has 2 rings (SSSR count). The summed E-state index contributed by atoms with van der Waals surface area (Å²) in [6.45, 7) is 5.88. The molecule has 1 aromatic heterocycles. The van der Waals surface area contributed by atoms with E-state index >= 15 is 0 Å². The molecule has 1 N–H and O–H groups in total. The Labute approximate surface area is 106 Å². The normalized spacial score (nSPS) is 10.5. The van der Waals surface area contributed by atoms with Crippen LogP contribution in [0.3, 0.4) is 0 Å². The third kappa shape index (κ3) is 2.06. The first-order chi connectivity index (χ1) is 8.54. The molecule has 1 aromatic carbocycles. The van der Waals surface area contributed by atoms with E-state index < -0.39 is 0 Å². The van der Waals surface area contributed by atoms with Crippen molar-refractivity contribution < 1.29 is 4.39 Å². The van der Waals surface area contributed by atoms with Crippen LogP contribution < -0.4 is 5.32 Å². The fourth-order valence-corrected chi connectivity index (χ4v) is 1.99. The van der Waals surface area contributed by atoms with Crippen molar-refractivity contribution in [2.75, 3.05) is 12.4 Å². The van der Waals surface area contributed by atoms with Crippen LogP contribution in [0.15, 0.2) is 18.2 Å². The second-order valence-corrected chi connectivity index (χ2v) is 4.36. The SMILES string of the molecule is CNc1nnc(-c2ccc(F)cc2C)c(C)c1C. The Balaban J connectivity index is 2.61. The summed E-state index contributed by atoms with van der Waals surface area (Å²) in [5.74, 6) is 0.543. The lowest BCUT2D eigenvalue weighted by Gasteiger charge is -2.12. The number of aromatic nitrogens is 2. The van der Waals surface area contributed by atoms with Gasteiger partial charge in [-0.2, -0.15) is 0 Å². The number of hydrogen-bond donors (Lipinski definition) is 1. The van der Waals surface area contributed by atoms with E-state index in [4.69, 9.17) is 0 Å². The summed E-state index contributed by atoms with van der Waals surface area (Å²) >= 11 is 0. The lowest BCUT2D eigenvalue weighted by Crippen LogP contribution is -2.03. The molecule has 0 aliphatic carbocycles. The van der Waals surface area contributed by atoms with E-state index in [1.54, 1.807) is 6.07 Å². The molecule has 3 nitrogen and oxygen atoms in total. The number of benzene rings is 1. The zero-order valence-corrected chi connectivity index (χ0v) is 11.0. The van der Waals surface area contributed by atoms with E-state index in [-0.39, 0.29) is 5.82 Å². The zero-order chi connectivity index (χ0) is 13.3. The molecular formula is C14H16FN3. The van der Waals surface area contributed by atoms with Gasteiger partial charge in [-0.15, -0.1) is 10.2 Å². The van der Waals surface area contributed by atoms with Crippen LogP contribution in [-0.2, 0) is 0 Å². The lowest BCUT2D eigenvalue weighted by molar-refractivity contribution is 0.627. The lowest BCUT2D eigenvalue weighted by atomic mass is 10.00. The Bertz CT molecular complexity index is 594. The topological polar surface area (TPSA) is 37.8 Å². The molecular weight excluding hydrogens is 229 g/mol. The van der Waals surface area contributed by atoms with Crippen molar-refractivity contribution in [3.8, 4) is 11.3 Å². The van der Waals surface area contributed by atoms with E-state index in [1.165, 1.54) is 12.1 Å². The van der Waals surface area contributed by atoms with Crippen molar-refractivity contribution in [3.63, 3.8) is 0 Å². The molecule has 4 heteroatoms. The predicted octanol–water partition coefficient (Wildman–Crippen LogP) is 3.25. The minimum atomic E-state index is -0.231. The minimum Gasteiger partial charge on any atom is -0.371 e. The number of hydrogen-bond acceptors (Lipinski definition) is 3. The summed E-state index contributed by atoms with van der Waals surface area (Å²) in [5.41, 5.74) is 4.72. The van der Waals surface area contributed by atoms with E-state index in [1.807, 2.05) is 27.8 Å². The molecule has 0 spiro atoms. The van der Waals surface area contributed by atoms with E-state index in [0.29, 0.717) is 0 Å². The fourth-order valence-electron chi connectivity index (χ4n) is 1.99. The molecule has 0 aliphatic heterocycles. The second kappa shape index (κ2) is 4.72. The van der Waals surface area contributed by atoms with Gasteiger partial charge < -0.3 is 5.32 Å². The van der Waals surface area contributed by atoms with Gasteiger partial charge in [-0.3, -0.25) is 0 Å². The van der Waals surface area contributed by atoms with Gasteiger partial charge in [0, 0.05) is 12.6 Å². The third-order valence-electron chi connectivity index (χ3n) is 3.20. The Morgan fingerprint density at radius 3 is 2.39 bits per heavy atom. The summed E-state index contributed by atoms with van der Waals surface area (Å²) in [7, 11) is 1.82. The monoisotopic (exact) mass is 245 g/mol. The van der Waals surface area contributed by atoms with Gasteiger partial charge in [0.25, 0.3) is 0 Å². The molecule has 0 fully saturated rings. The summed E-state index contributed by atoms with van der Waals surface area (Å²) in [5, 5.41) is 11.4. The van der Waals surface area contributed by atoms with Crippen LogP contribution >= 0.6 is 0 Å². The average Bonchev–Trinajstić information content (AvgIpc) is 2.34. The highest BCUT2D eigenvalue weighted by Crippen LogP contribution is 2.28. The molecule has 0 aliphatic rings. The van der Waals surface area contributed by atoms with Crippen molar-refractivity contribution in [3.05, 3.63) is 40.7 Å². The molecule has 0 unspecified atom stereocenters. The molecule has 0 amide bonds. The van der Waals surface area contributed by atoms with E-state index in [9.17, 15) is 4.39 Å². The summed E-state index contributed by atoms with van der Waals surface area (Å²) in [6, 6.07) is 4.71. The molecule has 0 saturated heterocycles. The predicted molar refractivity (Wildman–Crippen MR) is 71.2 cm³/mol. The molecule has 0 bridgehead atoms. The molecule has 94 valence electrons. The van der Waals surface area contributed by atoms with Crippen molar-refractivity contribution >= 4 is 5.82 Å². The fraction of sp³-hybridized carbons (Fsp3) is 0.286. The van der Waals surface area contributed by atoms with Crippen LogP contribution in [-0.4, -0.2) is 17.2 Å². The zero-order valence-electron chi connectivity index (χ0n) is 11.0. The number of nitrogens with zero attached hydrogens (tertiary/aromatic N) is 2. The number of halogens is 1. The molecule has 1 heterocycles. The first-order valence-electron chi connectivity index (χ1n) is 5.82. The van der Waals surface area contributed by atoms with Crippen LogP contribution in [0.25, 0.3) is 11.3 Å². The van der Waals surface area contributed by atoms with E-state index in [2.05, 4.69) is 15.5 Å². The Kier molecular flexibility index (Phi) is 3.28. The number of rotatable bonds is 2. The average molecular weight is 245 g/mol. The van der Waals surface area contributed by atoms with Gasteiger partial charge in [0.15, 0.2) is 5.82 Å². The summed E-state index contributed by atoms with van der Waals surface area (Å²) in [4.78, 5) is 0.